The Labute approximate surface area is 87.9 Å². The van der Waals surface area contributed by atoms with E-state index in [1.54, 1.807) is 0 Å². The predicted molar refractivity (Wildman–Crippen MR) is 54.1 cm³/mol. The molecule has 5 nitrogen and oxygen atoms in total. The molecule has 2 N–H and O–H groups in total. The van der Waals surface area contributed by atoms with Crippen LogP contribution in [0.4, 0.5) is 0 Å². The van der Waals surface area contributed by atoms with E-state index in [2.05, 4.69) is 0 Å². The molecule has 0 aliphatic carbocycles. The Bertz CT molecular complexity index is 616. The quantitative estimate of drug-likeness (QED) is 0.741. The maximum atomic E-state index is 11.3. The molecule has 7 heteroatoms. The largest absolute Gasteiger partial charge is 0.238 e. The van der Waals surface area contributed by atoms with Crippen molar-refractivity contribution in [1.29, 1.82) is 0 Å². The fourth-order valence-corrected chi connectivity index (χ4v) is 3.74. The molecule has 1 aliphatic heterocycles. The standard InChI is InChI=1S/C8H9NO4S2/c9-15(12,13)8-2-1-6-4-14(10,11)5-7(6)3-8/h1-3H,4-5H2,(H2,9,12,13). The predicted octanol–water partition coefficient (Wildman–Crippen LogP) is -0.238. The van der Waals surface area contributed by atoms with Gasteiger partial charge in [0.05, 0.1) is 16.4 Å². The highest BCUT2D eigenvalue weighted by Gasteiger charge is 2.25. The Morgan fingerprint density at radius 2 is 1.73 bits per heavy atom. The van der Waals surface area contributed by atoms with E-state index < -0.39 is 19.9 Å². The van der Waals surface area contributed by atoms with E-state index in [0.29, 0.717) is 11.1 Å². The van der Waals surface area contributed by atoms with Gasteiger partial charge in [-0.15, -0.1) is 0 Å². The minimum absolute atomic E-state index is 0.0206. The van der Waals surface area contributed by atoms with Gasteiger partial charge in [0.2, 0.25) is 10.0 Å². The topological polar surface area (TPSA) is 94.3 Å². The number of sulfonamides is 1. The van der Waals surface area contributed by atoms with Gasteiger partial charge in [-0.05, 0) is 23.3 Å². The second-order valence-corrected chi connectivity index (χ2v) is 7.13. The van der Waals surface area contributed by atoms with Crippen molar-refractivity contribution in [2.75, 3.05) is 0 Å². The first-order chi connectivity index (χ1) is 6.78. The second kappa shape index (κ2) is 3.03. The molecule has 0 radical (unpaired) electrons. The van der Waals surface area contributed by atoms with Crippen LogP contribution < -0.4 is 5.14 Å². The lowest BCUT2D eigenvalue weighted by molar-refractivity contribution is 0.595. The number of hydrogen-bond donors (Lipinski definition) is 1. The zero-order valence-corrected chi connectivity index (χ0v) is 9.31. The summed E-state index contributed by atoms with van der Waals surface area (Å²) < 4.78 is 44.6. The van der Waals surface area contributed by atoms with E-state index in [4.69, 9.17) is 5.14 Å². The van der Waals surface area contributed by atoms with Crippen LogP contribution >= 0.6 is 0 Å². The molecule has 1 aliphatic rings. The summed E-state index contributed by atoms with van der Waals surface area (Å²) >= 11 is 0. The number of nitrogens with two attached hydrogens (primary N) is 1. The van der Waals surface area contributed by atoms with Crippen LogP contribution in [0.5, 0.6) is 0 Å². The maximum Gasteiger partial charge on any atom is 0.238 e. The lowest BCUT2D eigenvalue weighted by Gasteiger charge is -2.00. The fraction of sp³-hybridized carbons (Fsp3) is 0.250. The van der Waals surface area contributed by atoms with Crippen LogP contribution in [0.15, 0.2) is 23.1 Å². The second-order valence-electron chi connectivity index (χ2n) is 3.51. The first kappa shape index (κ1) is 10.6. The van der Waals surface area contributed by atoms with Crippen molar-refractivity contribution in [1.82, 2.24) is 0 Å². The smallest absolute Gasteiger partial charge is 0.228 e. The Kier molecular flexibility index (Phi) is 2.14. The van der Waals surface area contributed by atoms with Crippen molar-refractivity contribution in [3.63, 3.8) is 0 Å². The van der Waals surface area contributed by atoms with Crippen LogP contribution in [-0.2, 0) is 31.4 Å². The van der Waals surface area contributed by atoms with Crippen molar-refractivity contribution >= 4 is 19.9 Å². The fourth-order valence-electron chi connectivity index (χ4n) is 1.58. The molecule has 0 saturated heterocycles. The average Bonchev–Trinajstić information content (AvgIpc) is 2.34. The lowest BCUT2D eigenvalue weighted by atomic mass is 10.1. The number of hydrogen-bond acceptors (Lipinski definition) is 4. The van der Waals surface area contributed by atoms with Gasteiger partial charge in [-0.25, -0.2) is 22.0 Å². The van der Waals surface area contributed by atoms with E-state index in [1.165, 1.54) is 18.2 Å². The van der Waals surface area contributed by atoms with Gasteiger partial charge in [0.25, 0.3) is 0 Å². The summed E-state index contributed by atoms with van der Waals surface area (Å²) in [5.41, 5.74) is 1.18. The number of benzene rings is 1. The van der Waals surface area contributed by atoms with Crippen molar-refractivity contribution in [3.8, 4) is 0 Å². The van der Waals surface area contributed by atoms with Gasteiger partial charge in [0.1, 0.15) is 0 Å². The SMILES string of the molecule is NS(=O)(=O)c1ccc2c(c1)CS(=O)(=O)C2. The van der Waals surface area contributed by atoms with Gasteiger partial charge in [0.15, 0.2) is 9.84 Å². The first-order valence-electron chi connectivity index (χ1n) is 4.13. The van der Waals surface area contributed by atoms with Crippen LogP contribution in [0.3, 0.4) is 0 Å². The Morgan fingerprint density at radius 1 is 1.13 bits per heavy atom. The van der Waals surface area contributed by atoms with E-state index in [0.717, 1.165) is 0 Å². The molecule has 1 aromatic carbocycles. The van der Waals surface area contributed by atoms with Crippen LogP contribution in [0.25, 0.3) is 0 Å². The molecule has 0 unspecified atom stereocenters. The van der Waals surface area contributed by atoms with Gasteiger partial charge in [-0.1, -0.05) is 6.07 Å². The van der Waals surface area contributed by atoms with Crippen LogP contribution in [0.1, 0.15) is 11.1 Å². The van der Waals surface area contributed by atoms with Gasteiger partial charge in [-0.3, -0.25) is 0 Å². The van der Waals surface area contributed by atoms with E-state index in [-0.39, 0.29) is 16.4 Å². The lowest BCUT2D eigenvalue weighted by Crippen LogP contribution is -2.12. The van der Waals surface area contributed by atoms with Crippen molar-refractivity contribution in [2.45, 2.75) is 16.4 Å². The van der Waals surface area contributed by atoms with Gasteiger partial charge in [0, 0.05) is 0 Å². The molecule has 0 saturated carbocycles. The summed E-state index contributed by atoms with van der Waals surface area (Å²) in [6, 6.07) is 4.16. The molecule has 0 atom stereocenters. The average molecular weight is 247 g/mol. The van der Waals surface area contributed by atoms with Crippen LogP contribution in [-0.4, -0.2) is 16.8 Å². The third-order valence-electron chi connectivity index (χ3n) is 2.26. The van der Waals surface area contributed by atoms with Crippen molar-refractivity contribution < 1.29 is 16.8 Å². The summed E-state index contributed by atoms with van der Waals surface area (Å²) in [5, 5.41) is 4.94. The van der Waals surface area contributed by atoms with Crippen LogP contribution in [0, 0.1) is 0 Å². The third kappa shape index (κ3) is 2.04. The normalized spacial score (nSPS) is 18.7. The summed E-state index contributed by atoms with van der Waals surface area (Å²) in [5.74, 6) is -0.126. The summed E-state index contributed by atoms with van der Waals surface area (Å²) in [6.45, 7) is 0. The first-order valence-corrected chi connectivity index (χ1v) is 7.50. The Hall–Kier alpha value is -0.920. The molecule has 0 fully saturated rings. The minimum atomic E-state index is -3.76. The van der Waals surface area contributed by atoms with Gasteiger partial charge < -0.3 is 0 Å². The Morgan fingerprint density at radius 3 is 2.33 bits per heavy atom. The molecule has 1 aromatic rings. The minimum Gasteiger partial charge on any atom is -0.228 e. The third-order valence-corrected chi connectivity index (χ3v) is 4.67. The van der Waals surface area contributed by atoms with Gasteiger partial charge in [-0.2, -0.15) is 0 Å². The molecule has 0 spiro atoms. The molecular formula is C8H9NO4S2. The highest BCUT2D eigenvalue weighted by molar-refractivity contribution is 7.90. The molecule has 0 amide bonds. The number of primary sulfonamides is 1. The van der Waals surface area contributed by atoms with E-state index in [1.807, 2.05) is 0 Å². The highest BCUT2D eigenvalue weighted by Crippen LogP contribution is 2.26. The molecule has 0 bridgehead atoms. The molecule has 2 rings (SSSR count). The Balaban J connectivity index is 2.57. The van der Waals surface area contributed by atoms with Crippen molar-refractivity contribution in [3.05, 3.63) is 29.3 Å². The summed E-state index contributed by atoms with van der Waals surface area (Å²) in [6.07, 6.45) is 0. The van der Waals surface area contributed by atoms with E-state index in [9.17, 15) is 16.8 Å². The molecular weight excluding hydrogens is 238 g/mol. The number of sulfone groups is 1. The number of fused-ring (bicyclic) bond motifs is 1. The van der Waals surface area contributed by atoms with E-state index >= 15 is 0 Å². The van der Waals surface area contributed by atoms with Crippen LogP contribution in [0.2, 0.25) is 0 Å². The maximum absolute atomic E-state index is 11.3. The molecule has 0 aromatic heterocycles. The zero-order chi connectivity index (χ0) is 11.3. The molecule has 1 heterocycles. The number of rotatable bonds is 1. The highest BCUT2D eigenvalue weighted by atomic mass is 32.2. The molecule has 82 valence electrons. The monoisotopic (exact) mass is 247 g/mol. The summed E-state index contributed by atoms with van der Waals surface area (Å²) in [7, 11) is -6.86. The van der Waals surface area contributed by atoms with Crippen molar-refractivity contribution in [2.24, 2.45) is 5.14 Å². The summed E-state index contributed by atoms with van der Waals surface area (Å²) in [4.78, 5) is -0.0432. The zero-order valence-electron chi connectivity index (χ0n) is 7.67. The van der Waals surface area contributed by atoms with Gasteiger partial charge >= 0.3 is 0 Å². The molecule has 15 heavy (non-hydrogen) atoms.